The van der Waals surface area contributed by atoms with Gasteiger partial charge in [-0.3, -0.25) is 4.79 Å². The molecule has 0 bridgehead atoms. The van der Waals surface area contributed by atoms with E-state index in [1.807, 2.05) is 32.0 Å². The molecule has 2 unspecified atom stereocenters. The van der Waals surface area contributed by atoms with E-state index < -0.39 is 6.10 Å². The molecule has 1 aromatic carbocycles. The molecule has 1 aliphatic heterocycles. The van der Waals surface area contributed by atoms with Crippen LogP contribution in [0.1, 0.15) is 42.6 Å². The molecule has 0 saturated carbocycles. The van der Waals surface area contributed by atoms with Crippen LogP contribution in [0.3, 0.4) is 0 Å². The van der Waals surface area contributed by atoms with Crippen molar-refractivity contribution in [3.05, 3.63) is 29.3 Å². The number of nitrogens with one attached hydrogen (secondary N) is 1. The van der Waals surface area contributed by atoms with Crippen molar-refractivity contribution in [1.82, 2.24) is 4.90 Å². The molecule has 2 rings (SSSR count). The van der Waals surface area contributed by atoms with Crippen LogP contribution in [0.15, 0.2) is 18.2 Å². The summed E-state index contributed by atoms with van der Waals surface area (Å²) in [6.07, 6.45) is 1.46. The Morgan fingerprint density at radius 1 is 1.48 bits per heavy atom. The van der Waals surface area contributed by atoms with Crippen LogP contribution < -0.4 is 5.32 Å². The van der Waals surface area contributed by atoms with E-state index in [1.54, 1.807) is 4.90 Å². The monoisotopic (exact) mass is 290 g/mol. The number of aliphatic hydroxyl groups is 1. The number of nitrogens with zero attached hydrogens (tertiary/aromatic N) is 1. The second-order valence-corrected chi connectivity index (χ2v) is 6.06. The lowest BCUT2D eigenvalue weighted by molar-refractivity contribution is 0.0249. The molecule has 1 fully saturated rings. The first-order valence-electron chi connectivity index (χ1n) is 7.84. The van der Waals surface area contributed by atoms with Gasteiger partial charge in [0.25, 0.3) is 5.91 Å². The Hall–Kier alpha value is -1.55. The van der Waals surface area contributed by atoms with Crippen molar-refractivity contribution in [3.63, 3.8) is 0 Å². The Bertz CT molecular complexity index is 502. The number of benzene rings is 1. The second kappa shape index (κ2) is 6.94. The number of piperidine rings is 1. The van der Waals surface area contributed by atoms with Crippen LogP contribution in [-0.2, 0) is 0 Å². The Morgan fingerprint density at radius 3 is 2.90 bits per heavy atom. The number of hydrogen-bond donors (Lipinski definition) is 2. The largest absolute Gasteiger partial charge is 0.391 e. The molecule has 2 N–H and O–H groups in total. The topological polar surface area (TPSA) is 52.6 Å². The third-order valence-corrected chi connectivity index (χ3v) is 4.18. The molecule has 4 nitrogen and oxygen atoms in total. The number of carbonyl (C=O) groups excluding carboxylic acids is 1. The van der Waals surface area contributed by atoms with Crippen LogP contribution in [-0.4, -0.2) is 41.7 Å². The quantitative estimate of drug-likeness (QED) is 0.896. The third kappa shape index (κ3) is 3.76. The Labute approximate surface area is 127 Å². The number of likely N-dealkylation sites (tertiary alicyclic amines) is 1. The maximum absolute atomic E-state index is 12.8. The lowest BCUT2D eigenvalue weighted by atomic mass is 9.95. The lowest BCUT2D eigenvalue weighted by Gasteiger charge is -2.34. The molecule has 4 heteroatoms. The Morgan fingerprint density at radius 2 is 2.24 bits per heavy atom. The highest BCUT2D eigenvalue weighted by Gasteiger charge is 2.28. The summed E-state index contributed by atoms with van der Waals surface area (Å²) >= 11 is 0. The summed E-state index contributed by atoms with van der Waals surface area (Å²) in [6, 6.07) is 5.92. The molecule has 1 aromatic rings. The fraction of sp³-hybridized carbons (Fsp3) is 0.588. The second-order valence-electron chi connectivity index (χ2n) is 6.06. The van der Waals surface area contributed by atoms with E-state index in [1.165, 1.54) is 0 Å². The summed E-state index contributed by atoms with van der Waals surface area (Å²) in [5, 5.41) is 13.3. The van der Waals surface area contributed by atoms with Gasteiger partial charge in [0.2, 0.25) is 0 Å². The number of rotatable bonds is 4. The molecule has 1 amide bonds. The van der Waals surface area contributed by atoms with E-state index in [9.17, 15) is 9.90 Å². The molecule has 21 heavy (non-hydrogen) atoms. The van der Waals surface area contributed by atoms with E-state index in [0.29, 0.717) is 12.1 Å². The first-order chi connectivity index (χ1) is 10.0. The van der Waals surface area contributed by atoms with E-state index >= 15 is 0 Å². The summed E-state index contributed by atoms with van der Waals surface area (Å²) < 4.78 is 0. The first kappa shape index (κ1) is 15.8. The molecular formula is C17H26N2O2. The highest BCUT2D eigenvalue weighted by Crippen LogP contribution is 2.23. The fourth-order valence-corrected chi connectivity index (χ4v) is 2.65. The van der Waals surface area contributed by atoms with Crippen molar-refractivity contribution in [3.8, 4) is 0 Å². The van der Waals surface area contributed by atoms with Gasteiger partial charge in [0.05, 0.1) is 11.7 Å². The molecule has 116 valence electrons. The minimum absolute atomic E-state index is 0.0169. The third-order valence-electron chi connectivity index (χ3n) is 4.18. The maximum Gasteiger partial charge on any atom is 0.256 e. The van der Waals surface area contributed by atoms with Gasteiger partial charge in [-0.25, -0.2) is 0 Å². The maximum atomic E-state index is 12.8. The average molecular weight is 290 g/mol. The number of amides is 1. The minimum atomic E-state index is -0.417. The van der Waals surface area contributed by atoms with E-state index in [4.69, 9.17) is 0 Å². The van der Waals surface area contributed by atoms with Gasteiger partial charge in [-0.2, -0.15) is 0 Å². The van der Waals surface area contributed by atoms with Gasteiger partial charge in [-0.1, -0.05) is 25.5 Å². The molecule has 0 aromatic heterocycles. The number of carbonyl (C=O) groups is 1. The molecule has 1 heterocycles. The highest BCUT2D eigenvalue weighted by atomic mass is 16.3. The van der Waals surface area contributed by atoms with Crippen LogP contribution >= 0.6 is 0 Å². The zero-order chi connectivity index (χ0) is 15.4. The Balaban J connectivity index is 2.19. The number of hydrogen-bond acceptors (Lipinski definition) is 3. The number of anilines is 1. The van der Waals surface area contributed by atoms with Gasteiger partial charge in [0.15, 0.2) is 0 Å². The van der Waals surface area contributed by atoms with Crippen molar-refractivity contribution < 1.29 is 9.90 Å². The van der Waals surface area contributed by atoms with Crippen LogP contribution in [0.2, 0.25) is 0 Å². The van der Waals surface area contributed by atoms with Crippen LogP contribution in [0.25, 0.3) is 0 Å². The summed E-state index contributed by atoms with van der Waals surface area (Å²) in [4.78, 5) is 14.5. The van der Waals surface area contributed by atoms with Gasteiger partial charge in [0.1, 0.15) is 0 Å². The van der Waals surface area contributed by atoms with Gasteiger partial charge < -0.3 is 15.3 Å². The van der Waals surface area contributed by atoms with Crippen molar-refractivity contribution >= 4 is 11.6 Å². The number of β-amino-alcohol motifs (C(OH)–C–C–N with tert-alkyl or cyclic N) is 1. The van der Waals surface area contributed by atoms with Crippen LogP contribution in [0.4, 0.5) is 5.69 Å². The zero-order valence-corrected chi connectivity index (χ0v) is 13.2. The molecule has 0 aliphatic carbocycles. The molecular weight excluding hydrogens is 264 g/mol. The smallest absolute Gasteiger partial charge is 0.256 e. The molecule has 2 atom stereocenters. The summed E-state index contributed by atoms with van der Waals surface area (Å²) in [5.41, 5.74) is 2.68. The Kier molecular flexibility index (Phi) is 5.23. The fourth-order valence-electron chi connectivity index (χ4n) is 2.65. The van der Waals surface area contributed by atoms with Gasteiger partial charge >= 0.3 is 0 Å². The summed E-state index contributed by atoms with van der Waals surface area (Å²) in [5.74, 6) is 0.285. The van der Waals surface area contributed by atoms with Crippen LogP contribution in [0, 0.1) is 12.8 Å². The minimum Gasteiger partial charge on any atom is -0.391 e. The van der Waals surface area contributed by atoms with Crippen molar-refractivity contribution in [2.75, 3.05) is 25.0 Å². The van der Waals surface area contributed by atoms with E-state index in [0.717, 1.165) is 37.2 Å². The van der Waals surface area contributed by atoms with Gasteiger partial charge in [0, 0.05) is 25.3 Å². The van der Waals surface area contributed by atoms with Gasteiger partial charge in [-0.15, -0.1) is 0 Å². The van der Waals surface area contributed by atoms with Gasteiger partial charge in [-0.05, 0) is 37.8 Å². The van der Waals surface area contributed by atoms with E-state index in [-0.39, 0.29) is 11.8 Å². The van der Waals surface area contributed by atoms with Crippen molar-refractivity contribution in [2.45, 2.75) is 39.7 Å². The average Bonchev–Trinajstić information content (AvgIpc) is 2.48. The van der Waals surface area contributed by atoms with Crippen LogP contribution in [0.5, 0.6) is 0 Å². The van der Waals surface area contributed by atoms with Crippen molar-refractivity contribution in [1.29, 1.82) is 0 Å². The number of aryl methyl sites for hydroxylation is 1. The van der Waals surface area contributed by atoms with Crippen molar-refractivity contribution in [2.24, 2.45) is 5.92 Å². The predicted molar refractivity (Wildman–Crippen MR) is 85.7 cm³/mol. The first-order valence-corrected chi connectivity index (χ1v) is 7.84. The zero-order valence-electron chi connectivity index (χ0n) is 13.2. The molecule has 1 saturated heterocycles. The highest BCUT2D eigenvalue weighted by molar-refractivity contribution is 6.00. The van der Waals surface area contributed by atoms with E-state index in [2.05, 4.69) is 12.2 Å². The summed E-state index contributed by atoms with van der Waals surface area (Å²) in [7, 11) is 0. The standard InChI is InChI=1S/C17H26N2O2/c1-4-8-18-15-6-5-12(2)10-14(15)17(21)19-9-7-13(3)16(20)11-19/h5-6,10,13,16,18,20H,4,7-9,11H2,1-3H3. The summed E-state index contributed by atoms with van der Waals surface area (Å²) in [6.45, 7) is 8.13. The normalized spacial score (nSPS) is 22.2. The molecule has 1 aliphatic rings. The molecule has 0 spiro atoms. The predicted octanol–water partition coefficient (Wildman–Crippen LogP) is 2.66. The number of aliphatic hydroxyl groups excluding tert-OH is 1. The molecule has 0 radical (unpaired) electrons. The lowest BCUT2D eigenvalue weighted by Crippen LogP contribution is -2.46. The SMILES string of the molecule is CCCNc1ccc(C)cc1C(=O)N1CCC(C)C(O)C1.